The lowest BCUT2D eigenvalue weighted by Crippen LogP contribution is -2.00. The van der Waals surface area contributed by atoms with Crippen LogP contribution in [0.15, 0.2) is 36.4 Å². The summed E-state index contributed by atoms with van der Waals surface area (Å²) in [7, 11) is 0. The number of hydrogen-bond acceptors (Lipinski definition) is 0. The first kappa shape index (κ1) is 10.6. The lowest BCUT2D eigenvalue weighted by atomic mass is 9.87. The predicted octanol–water partition coefficient (Wildman–Crippen LogP) is 4.57. The lowest BCUT2D eigenvalue weighted by molar-refractivity contribution is 0.956. The third-order valence-corrected chi connectivity index (χ3v) is 3.43. The minimum atomic E-state index is 1.07. The topological polar surface area (TPSA) is 0 Å². The summed E-state index contributed by atoms with van der Waals surface area (Å²) < 4.78 is 0. The SMILES string of the molecule is C[C](C)Cc1ccc2cccc3c2c1C=CC3. The Labute approximate surface area is 103 Å². The molecule has 0 atom stereocenters. The number of allylic oxidation sites excluding steroid dienone is 1. The van der Waals surface area contributed by atoms with Gasteiger partial charge >= 0.3 is 0 Å². The highest BCUT2D eigenvalue weighted by Gasteiger charge is 2.12. The summed E-state index contributed by atoms with van der Waals surface area (Å²) in [5.41, 5.74) is 4.36. The van der Waals surface area contributed by atoms with Crippen molar-refractivity contribution in [3.8, 4) is 0 Å². The van der Waals surface area contributed by atoms with Gasteiger partial charge in [0.25, 0.3) is 0 Å². The van der Waals surface area contributed by atoms with Crippen molar-refractivity contribution in [3.05, 3.63) is 59.0 Å². The van der Waals surface area contributed by atoms with Gasteiger partial charge in [-0.2, -0.15) is 0 Å². The van der Waals surface area contributed by atoms with E-state index in [0.717, 1.165) is 12.8 Å². The van der Waals surface area contributed by atoms with Gasteiger partial charge in [-0.15, -0.1) is 0 Å². The average molecular weight is 221 g/mol. The first-order valence-corrected chi connectivity index (χ1v) is 6.25. The van der Waals surface area contributed by atoms with Crippen molar-refractivity contribution < 1.29 is 0 Å². The highest BCUT2D eigenvalue weighted by molar-refractivity contribution is 5.96. The molecule has 2 aromatic rings. The average Bonchev–Trinajstić information content (AvgIpc) is 2.33. The zero-order valence-corrected chi connectivity index (χ0v) is 10.5. The predicted molar refractivity (Wildman–Crippen MR) is 75.0 cm³/mol. The highest BCUT2D eigenvalue weighted by atomic mass is 14.2. The molecule has 1 aliphatic rings. The summed E-state index contributed by atoms with van der Waals surface area (Å²) >= 11 is 0. The van der Waals surface area contributed by atoms with E-state index in [2.05, 4.69) is 56.3 Å². The van der Waals surface area contributed by atoms with Gasteiger partial charge < -0.3 is 0 Å². The maximum Gasteiger partial charge on any atom is -0.00735 e. The molecule has 17 heavy (non-hydrogen) atoms. The molecule has 2 aromatic carbocycles. The monoisotopic (exact) mass is 221 g/mol. The van der Waals surface area contributed by atoms with Gasteiger partial charge in [0.15, 0.2) is 0 Å². The van der Waals surface area contributed by atoms with E-state index in [0.29, 0.717) is 0 Å². The van der Waals surface area contributed by atoms with E-state index in [4.69, 9.17) is 0 Å². The molecule has 0 nitrogen and oxygen atoms in total. The van der Waals surface area contributed by atoms with E-state index in [1.165, 1.54) is 33.4 Å². The van der Waals surface area contributed by atoms with Crippen LogP contribution in [0.2, 0.25) is 0 Å². The maximum absolute atomic E-state index is 2.30. The maximum atomic E-state index is 2.30. The molecular formula is C17H17. The molecule has 0 fully saturated rings. The van der Waals surface area contributed by atoms with Gasteiger partial charge in [-0.25, -0.2) is 0 Å². The molecule has 0 aliphatic heterocycles. The Hall–Kier alpha value is -1.56. The second-order valence-corrected chi connectivity index (χ2v) is 5.14. The van der Waals surface area contributed by atoms with Crippen LogP contribution in [0, 0.1) is 5.92 Å². The van der Waals surface area contributed by atoms with Crippen LogP contribution >= 0.6 is 0 Å². The third kappa shape index (κ3) is 1.78. The molecule has 0 spiro atoms. The molecule has 85 valence electrons. The van der Waals surface area contributed by atoms with Crippen LogP contribution in [0.3, 0.4) is 0 Å². The summed E-state index contributed by atoms with van der Waals surface area (Å²) in [4.78, 5) is 0. The molecule has 0 saturated heterocycles. The molecule has 0 heteroatoms. The van der Waals surface area contributed by atoms with Crippen molar-refractivity contribution in [3.63, 3.8) is 0 Å². The second-order valence-electron chi connectivity index (χ2n) is 5.14. The molecule has 0 amide bonds. The first-order valence-electron chi connectivity index (χ1n) is 6.25. The Morgan fingerprint density at radius 3 is 2.82 bits per heavy atom. The summed E-state index contributed by atoms with van der Waals surface area (Å²) in [6.45, 7) is 4.41. The Balaban J connectivity index is 2.28. The second kappa shape index (κ2) is 4.03. The van der Waals surface area contributed by atoms with Crippen molar-refractivity contribution in [1.82, 2.24) is 0 Å². The standard InChI is InChI=1S/C17H17/c1-12(2)11-15-10-9-14-6-3-5-13-7-4-8-16(15)17(13)14/h3-6,8-10H,7,11H2,1-2H3. The number of rotatable bonds is 2. The number of benzene rings is 2. The van der Waals surface area contributed by atoms with Crippen LogP contribution < -0.4 is 0 Å². The zero-order chi connectivity index (χ0) is 11.8. The molecular weight excluding hydrogens is 204 g/mol. The molecule has 1 radical (unpaired) electrons. The third-order valence-electron chi connectivity index (χ3n) is 3.43. The summed E-state index contributed by atoms with van der Waals surface area (Å²) in [6, 6.07) is 11.2. The fourth-order valence-corrected chi connectivity index (χ4v) is 2.73. The first-order chi connectivity index (χ1) is 8.25. The smallest absolute Gasteiger partial charge is 0.00735 e. The Morgan fingerprint density at radius 1 is 1.12 bits per heavy atom. The van der Waals surface area contributed by atoms with Gasteiger partial charge in [0, 0.05) is 0 Å². The molecule has 1 aliphatic carbocycles. The van der Waals surface area contributed by atoms with E-state index in [-0.39, 0.29) is 0 Å². The van der Waals surface area contributed by atoms with Crippen molar-refractivity contribution in [1.29, 1.82) is 0 Å². The van der Waals surface area contributed by atoms with E-state index in [1.54, 1.807) is 0 Å². The van der Waals surface area contributed by atoms with Gasteiger partial charge in [0.1, 0.15) is 0 Å². The Kier molecular flexibility index (Phi) is 2.51. The molecule has 0 saturated carbocycles. The van der Waals surface area contributed by atoms with E-state index in [1.807, 2.05) is 0 Å². The number of hydrogen-bond donors (Lipinski definition) is 0. The van der Waals surface area contributed by atoms with Crippen molar-refractivity contribution in [2.24, 2.45) is 0 Å². The van der Waals surface area contributed by atoms with Crippen molar-refractivity contribution in [2.75, 3.05) is 0 Å². The van der Waals surface area contributed by atoms with Crippen LogP contribution in [0.4, 0.5) is 0 Å². The fraction of sp³-hybridized carbons (Fsp3) is 0.235. The minimum absolute atomic E-state index is 1.07. The van der Waals surface area contributed by atoms with Crippen LogP contribution in [0.25, 0.3) is 16.8 Å². The van der Waals surface area contributed by atoms with Gasteiger partial charge in [0.05, 0.1) is 0 Å². The molecule has 0 bridgehead atoms. The van der Waals surface area contributed by atoms with E-state index < -0.39 is 0 Å². The van der Waals surface area contributed by atoms with Crippen LogP contribution in [0.1, 0.15) is 30.5 Å². The van der Waals surface area contributed by atoms with Gasteiger partial charge in [0.2, 0.25) is 0 Å². The minimum Gasteiger partial charge on any atom is -0.0795 e. The van der Waals surface area contributed by atoms with E-state index >= 15 is 0 Å². The summed E-state index contributed by atoms with van der Waals surface area (Å²) in [6.07, 6.45) is 6.74. The molecule has 0 unspecified atom stereocenters. The Morgan fingerprint density at radius 2 is 2.00 bits per heavy atom. The molecule has 3 rings (SSSR count). The normalized spacial score (nSPS) is 13.6. The molecule has 0 heterocycles. The molecule has 0 aromatic heterocycles. The lowest BCUT2D eigenvalue weighted by Gasteiger charge is -2.17. The largest absolute Gasteiger partial charge is 0.0795 e. The summed E-state index contributed by atoms with van der Waals surface area (Å²) in [5.74, 6) is 1.47. The van der Waals surface area contributed by atoms with Crippen molar-refractivity contribution in [2.45, 2.75) is 26.7 Å². The fourth-order valence-electron chi connectivity index (χ4n) is 2.73. The summed E-state index contributed by atoms with van der Waals surface area (Å²) in [5, 5.41) is 2.84. The van der Waals surface area contributed by atoms with Gasteiger partial charge in [-0.05, 0) is 46.2 Å². The zero-order valence-electron chi connectivity index (χ0n) is 10.5. The van der Waals surface area contributed by atoms with Gasteiger partial charge in [-0.1, -0.05) is 56.3 Å². The van der Waals surface area contributed by atoms with Gasteiger partial charge in [-0.3, -0.25) is 0 Å². The Bertz CT molecular complexity index is 588. The molecule has 0 N–H and O–H groups in total. The highest BCUT2D eigenvalue weighted by Crippen LogP contribution is 2.32. The van der Waals surface area contributed by atoms with E-state index in [9.17, 15) is 0 Å². The van der Waals surface area contributed by atoms with Crippen molar-refractivity contribution >= 4 is 16.8 Å². The quantitative estimate of drug-likeness (QED) is 0.697. The van der Waals surface area contributed by atoms with Crippen LogP contribution in [-0.4, -0.2) is 0 Å². The van der Waals surface area contributed by atoms with Crippen LogP contribution in [0.5, 0.6) is 0 Å². The van der Waals surface area contributed by atoms with Crippen LogP contribution in [-0.2, 0) is 12.8 Å².